The van der Waals surface area contributed by atoms with Gasteiger partial charge in [0.25, 0.3) is 5.91 Å². The highest BCUT2D eigenvalue weighted by Crippen LogP contribution is 2.44. The molecular weight excluding hydrogens is 350 g/mol. The van der Waals surface area contributed by atoms with Crippen LogP contribution < -0.4 is 5.32 Å². The van der Waals surface area contributed by atoms with Gasteiger partial charge in [-0.2, -0.15) is 0 Å². The topological polar surface area (TPSA) is 92.1 Å². The van der Waals surface area contributed by atoms with E-state index >= 15 is 0 Å². The Balaban J connectivity index is 1.58. The molecule has 1 atom stereocenters. The lowest BCUT2D eigenvalue weighted by Gasteiger charge is -2.37. The molecule has 148 valence electrons. The van der Waals surface area contributed by atoms with Crippen LogP contribution >= 0.6 is 0 Å². The molecule has 2 fully saturated rings. The summed E-state index contributed by atoms with van der Waals surface area (Å²) in [6, 6.07) is 1.20. The molecule has 1 unspecified atom stereocenters. The van der Waals surface area contributed by atoms with Gasteiger partial charge in [-0.05, 0) is 31.7 Å². The molecule has 2 aliphatic rings. The van der Waals surface area contributed by atoms with Crippen molar-refractivity contribution in [2.24, 2.45) is 5.41 Å². The third kappa shape index (κ3) is 3.85. The van der Waals surface area contributed by atoms with Gasteiger partial charge in [-0.25, -0.2) is 0 Å². The summed E-state index contributed by atoms with van der Waals surface area (Å²) in [5.41, 5.74) is -0.0228. The van der Waals surface area contributed by atoms with Crippen LogP contribution in [0.3, 0.4) is 0 Å². The highest BCUT2D eigenvalue weighted by Gasteiger charge is 2.53. The summed E-state index contributed by atoms with van der Waals surface area (Å²) >= 11 is 0. The van der Waals surface area contributed by atoms with Crippen molar-refractivity contribution in [1.82, 2.24) is 15.1 Å². The zero-order valence-corrected chi connectivity index (χ0v) is 15.9. The number of hydrogen-bond acceptors (Lipinski definition) is 5. The van der Waals surface area contributed by atoms with Crippen molar-refractivity contribution in [2.45, 2.75) is 31.7 Å². The molecule has 8 heteroatoms. The molecular formula is C19H27N3O5. The Morgan fingerprint density at radius 3 is 2.74 bits per heavy atom. The fourth-order valence-electron chi connectivity index (χ4n) is 4.05. The van der Waals surface area contributed by atoms with Gasteiger partial charge in [-0.3, -0.25) is 14.4 Å². The highest BCUT2D eigenvalue weighted by atomic mass is 16.5. The summed E-state index contributed by atoms with van der Waals surface area (Å²) in [7, 11) is 3.32. The van der Waals surface area contributed by atoms with E-state index in [1.807, 2.05) is 0 Å². The van der Waals surface area contributed by atoms with E-state index in [2.05, 4.69) is 5.32 Å². The Labute approximate surface area is 158 Å². The molecule has 27 heavy (non-hydrogen) atoms. The van der Waals surface area contributed by atoms with Crippen LogP contribution in [-0.2, 0) is 14.3 Å². The van der Waals surface area contributed by atoms with Crippen molar-refractivity contribution >= 4 is 17.7 Å². The number of ether oxygens (including phenoxy) is 1. The zero-order valence-electron chi connectivity index (χ0n) is 15.9. The Bertz CT molecular complexity index is 680. The molecule has 3 heterocycles. The monoisotopic (exact) mass is 377 g/mol. The summed E-state index contributed by atoms with van der Waals surface area (Å²) in [5.74, 6) is -0.185. The van der Waals surface area contributed by atoms with Gasteiger partial charge in [0.05, 0.1) is 17.2 Å². The molecule has 1 spiro atoms. The molecule has 0 aliphatic carbocycles. The van der Waals surface area contributed by atoms with Crippen molar-refractivity contribution in [3.63, 3.8) is 0 Å². The Hall–Kier alpha value is -2.35. The standard InChI is InChI=1S/C19H27N3O5/c1-21-15(16(23)20-7-3-10-26-2)12-19(18(21)25)5-8-22(9-6-19)17(24)14-4-11-27-13-14/h4,11,13,15H,3,5-10,12H2,1-2H3,(H,20,23). The molecule has 1 aromatic rings. The number of carbonyl (C=O) groups is 3. The van der Waals surface area contributed by atoms with E-state index in [0.29, 0.717) is 51.1 Å². The molecule has 0 saturated carbocycles. The Morgan fingerprint density at radius 1 is 1.37 bits per heavy atom. The Kier molecular flexibility index (Phi) is 5.84. The van der Waals surface area contributed by atoms with Gasteiger partial charge >= 0.3 is 0 Å². The number of carbonyl (C=O) groups excluding carboxylic acids is 3. The average Bonchev–Trinajstić information content (AvgIpc) is 3.29. The van der Waals surface area contributed by atoms with E-state index in [0.717, 1.165) is 6.42 Å². The van der Waals surface area contributed by atoms with Gasteiger partial charge in [0.2, 0.25) is 11.8 Å². The van der Waals surface area contributed by atoms with Gasteiger partial charge in [0.1, 0.15) is 12.3 Å². The first-order valence-corrected chi connectivity index (χ1v) is 9.34. The van der Waals surface area contributed by atoms with E-state index in [4.69, 9.17) is 9.15 Å². The molecule has 8 nitrogen and oxygen atoms in total. The van der Waals surface area contributed by atoms with Gasteiger partial charge in [0.15, 0.2) is 0 Å². The van der Waals surface area contributed by atoms with Crippen molar-refractivity contribution in [3.8, 4) is 0 Å². The Morgan fingerprint density at radius 2 is 2.11 bits per heavy atom. The molecule has 0 bridgehead atoms. The molecule has 1 N–H and O–H groups in total. The first kappa shape index (κ1) is 19.4. The van der Waals surface area contributed by atoms with Crippen LogP contribution in [0, 0.1) is 5.41 Å². The summed E-state index contributed by atoms with van der Waals surface area (Å²) < 4.78 is 9.96. The number of furan rings is 1. The van der Waals surface area contributed by atoms with Crippen LogP contribution in [0.25, 0.3) is 0 Å². The van der Waals surface area contributed by atoms with Crippen LogP contribution in [0.2, 0.25) is 0 Å². The summed E-state index contributed by atoms with van der Waals surface area (Å²) in [6.07, 6.45) is 5.31. The number of amides is 3. The van der Waals surface area contributed by atoms with Gasteiger partial charge in [-0.15, -0.1) is 0 Å². The number of methoxy groups -OCH3 is 1. The maximum atomic E-state index is 12.9. The van der Waals surface area contributed by atoms with Crippen LogP contribution in [-0.4, -0.2) is 74.0 Å². The lowest BCUT2D eigenvalue weighted by atomic mass is 9.76. The minimum absolute atomic E-state index is 0.00921. The third-order valence-electron chi connectivity index (χ3n) is 5.73. The summed E-state index contributed by atoms with van der Waals surface area (Å²) in [5, 5.41) is 2.89. The molecule has 3 amide bonds. The van der Waals surface area contributed by atoms with E-state index in [9.17, 15) is 14.4 Å². The second-order valence-electron chi connectivity index (χ2n) is 7.36. The lowest BCUT2D eigenvalue weighted by Crippen LogP contribution is -2.46. The minimum Gasteiger partial charge on any atom is -0.472 e. The highest BCUT2D eigenvalue weighted by molar-refractivity contribution is 5.95. The number of rotatable bonds is 6. The third-order valence-corrected chi connectivity index (χ3v) is 5.73. The SMILES string of the molecule is COCCCNC(=O)C1CC2(CCN(C(=O)c3ccoc3)CC2)C(=O)N1C. The average molecular weight is 377 g/mol. The van der Waals surface area contributed by atoms with Crippen molar-refractivity contribution in [1.29, 1.82) is 0 Å². The molecule has 0 aromatic carbocycles. The van der Waals surface area contributed by atoms with Crippen LogP contribution in [0.4, 0.5) is 0 Å². The fourth-order valence-corrected chi connectivity index (χ4v) is 4.05. The number of likely N-dealkylation sites (tertiary alicyclic amines) is 2. The molecule has 1 aromatic heterocycles. The normalized spacial score (nSPS) is 21.7. The number of piperidine rings is 1. The van der Waals surface area contributed by atoms with Gasteiger partial charge in [0, 0.05) is 40.4 Å². The van der Waals surface area contributed by atoms with Gasteiger partial charge < -0.3 is 24.3 Å². The van der Waals surface area contributed by atoms with Crippen LogP contribution in [0.5, 0.6) is 0 Å². The predicted octanol–water partition coefficient (Wildman–Crippen LogP) is 0.885. The molecule has 0 radical (unpaired) electrons. The van der Waals surface area contributed by atoms with E-state index < -0.39 is 11.5 Å². The number of nitrogens with zero attached hydrogens (tertiary/aromatic N) is 2. The van der Waals surface area contributed by atoms with E-state index in [1.165, 1.54) is 12.5 Å². The molecule has 3 rings (SSSR count). The number of likely N-dealkylation sites (N-methyl/N-ethyl adjacent to an activating group) is 1. The van der Waals surface area contributed by atoms with Gasteiger partial charge in [-0.1, -0.05) is 0 Å². The quantitative estimate of drug-likeness (QED) is 0.743. The second-order valence-corrected chi connectivity index (χ2v) is 7.36. The van der Waals surface area contributed by atoms with Crippen molar-refractivity contribution in [3.05, 3.63) is 24.2 Å². The smallest absolute Gasteiger partial charge is 0.257 e. The maximum Gasteiger partial charge on any atom is 0.257 e. The molecule has 2 aliphatic heterocycles. The second kappa shape index (κ2) is 8.12. The predicted molar refractivity (Wildman–Crippen MR) is 97.0 cm³/mol. The zero-order chi connectivity index (χ0) is 19.4. The van der Waals surface area contributed by atoms with E-state index in [1.54, 1.807) is 30.0 Å². The van der Waals surface area contributed by atoms with Crippen molar-refractivity contribution in [2.75, 3.05) is 40.4 Å². The van der Waals surface area contributed by atoms with Crippen LogP contribution in [0.15, 0.2) is 23.0 Å². The van der Waals surface area contributed by atoms with E-state index in [-0.39, 0.29) is 17.7 Å². The minimum atomic E-state index is -0.545. The molecule has 2 saturated heterocycles. The summed E-state index contributed by atoms with van der Waals surface area (Å²) in [4.78, 5) is 41.2. The number of hydrogen-bond donors (Lipinski definition) is 1. The van der Waals surface area contributed by atoms with Crippen molar-refractivity contribution < 1.29 is 23.5 Å². The first-order chi connectivity index (χ1) is 13.0. The maximum absolute atomic E-state index is 12.9. The van der Waals surface area contributed by atoms with Crippen LogP contribution in [0.1, 0.15) is 36.0 Å². The fraction of sp³-hybridized carbons (Fsp3) is 0.632. The largest absolute Gasteiger partial charge is 0.472 e. The number of nitrogens with one attached hydrogen (secondary N) is 1. The lowest BCUT2D eigenvalue weighted by molar-refractivity contribution is -0.139. The first-order valence-electron chi connectivity index (χ1n) is 9.34. The summed E-state index contributed by atoms with van der Waals surface area (Å²) in [6.45, 7) is 2.13.